The molecule has 0 saturated carbocycles. The van der Waals surface area contributed by atoms with Gasteiger partial charge in [0.25, 0.3) is 0 Å². The Balaban J connectivity index is -0.000000480. The lowest BCUT2D eigenvalue weighted by atomic mass is 10.2. The number of hydrogen-bond acceptors (Lipinski definition) is 3. The molecule has 1 rings (SSSR count). The first-order valence-electron chi connectivity index (χ1n) is 3.22. The van der Waals surface area contributed by atoms with E-state index in [0.717, 1.165) is 5.56 Å². The Bertz CT molecular complexity index is 389. The van der Waals surface area contributed by atoms with Gasteiger partial charge in [-0.3, -0.25) is 0 Å². The van der Waals surface area contributed by atoms with Crippen molar-refractivity contribution in [2.75, 3.05) is 0 Å². The van der Waals surface area contributed by atoms with Gasteiger partial charge in [0.05, 0.1) is 4.90 Å². The number of rotatable bonds is 2. The number of hydrogen-bond donors (Lipinski definition) is 2. The van der Waals surface area contributed by atoms with E-state index in [0.29, 0.717) is 0 Å². The van der Waals surface area contributed by atoms with Crippen LogP contribution in [0.15, 0.2) is 35.7 Å². The molecule has 0 bridgehead atoms. The molecule has 88 valence electrons. The van der Waals surface area contributed by atoms with Gasteiger partial charge >= 0.3 is 0 Å². The molecule has 0 amide bonds. The van der Waals surface area contributed by atoms with Crippen molar-refractivity contribution < 1.29 is 25.4 Å². The summed E-state index contributed by atoms with van der Waals surface area (Å²) in [5, 5.41) is 0. The average Bonchev–Trinajstić information content (AvgIpc) is 2.03. The molecule has 15 heavy (non-hydrogen) atoms. The van der Waals surface area contributed by atoms with E-state index in [1.165, 1.54) is 24.3 Å². The van der Waals surface area contributed by atoms with Crippen molar-refractivity contribution in [3.8, 4) is 0 Å². The van der Waals surface area contributed by atoms with E-state index in [2.05, 4.69) is 6.58 Å². The molecule has 8 N–H and O–H groups in total. The Morgan fingerprint density at radius 3 is 1.80 bits per heavy atom. The van der Waals surface area contributed by atoms with Gasteiger partial charge in [0, 0.05) is 0 Å². The Morgan fingerprint density at radius 2 is 1.53 bits per heavy atom. The summed E-state index contributed by atoms with van der Waals surface area (Å²) in [6.45, 7) is 3.50. The van der Waals surface area contributed by atoms with Crippen LogP contribution in [-0.4, -0.2) is 13.0 Å². The number of benzene rings is 1. The molecule has 0 spiro atoms. The fraction of sp³-hybridized carbons (Fsp3) is 0. The predicted octanol–water partition coefficient (Wildman–Crippen LogP) is -1.01. The summed E-state index contributed by atoms with van der Waals surface area (Å²) in [4.78, 5) is -0.215. The van der Waals surface area contributed by atoms with E-state index >= 15 is 0 Å². The van der Waals surface area contributed by atoms with Crippen LogP contribution in [0.1, 0.15) is 5.56 Å². The van der Waals surface area contributed by atoms with Crippen LogP contribution < -0.4 is 24.7 Å². The Morgan fingerprint density at radius 1 is 1.13 bits per heavy atom. The van der Waals surface area contributed by atoms with Crippen LogP contribution in [-0.2, 0) is 10.1 Å². The highest BCUT2D eigenvalue weighted by atomic mass is 35.5. The van der Waals surface area contributed by atoms with Gasteiger partial charge in [0.1, 0.15) is 10.1 Å². The molecule has 0 fully saturated rings. The molecule has 1 aromatic carbocycles. The molecule has 0 aromatic heterocycles. The van der Waals surface area contributed by atoms with Crippen LogP contribution >= 0.6 is 0 Å². The summed E-state index contributed by atoms with van der Waals surface area (Å²) < 4.78 is 31.4. The second-order valence-electron chi connectivity index (χ2n) is 2.23. The first kappa shape index (κ1) is 19.6. The van der Waals surface area contributed by atoms with Crippen molar-refractivity contribution in [3.05, 3.63) is 36.4 Å². The molecule has 7 heteroatoms. The summed E-state index contributed by atoms with van der Waals surface area (Å²) in [5.74, 6) is 0. The third-order valence-electron chi connectivity index (χ3n) is 1.40. The standard InChI is InChI=1S/C8H8O3S.ClH.2H3N/c1-2-7-3-5-8(6-4-7)12(9,10)11;;;/h2-6H,1H2,(H,9,10,11);1H;2*1H3. The highest BCUT2D eigenvalue weighted by Gasteiger charge is 1.98. The summed E-state index contributed by atoms with van der Waals surface area (Å²) in [6, 6.07) is 5.58. The molecule has 1 aromatic rings. The monoisotopic (exact) mass is 254 g/mol. The van der Waals surface area contributed by atoms with Crippen LogP contribution in [0.2, 0.25) is 0 Å². The van der Waals surface area contributed by atoms with Gasteiger partial charge in [0.15, 0.2) is 0 Å². The maximum Gasteiger partial charge on any atom is 0.124 e. The average molecular weight is 255 g/mol. The van der Waals surface area contributed by atoms with Gasteiger partial charge < -0.3 is 29.3 Å². The molecule has 0 atom stereocenters. The van der Waals surface area contributed by atoms with Gasteiger partial charge in [-0.05, 0) is 17.7 Å². The fourth-order valence-corrected chi connectivity index (χ4v) is 1.24. The molecular formula is C8H15ClN2O3S. The van der Waals surface area contributed by atoms with Crippen LogP contribution in [0.4, 0.5) is 0 Å². The minimum atomic E-state index is -4.31. The highest BCUT2D eigenvalue weighted by molar-refractivity contribution is 7.85. The number of halogens is 1. The van der Waals surface area contributed by atoms with Crippen LogP contribution in [0, 0.1) is 0 Å². The van der Waals surface area contributed by atoms with Crippen molar-refractivity contribution in [2.24, 2.45) is 0 Å². The van der Waals surface area contributed by atoms with E-state index in [4.69, 9.17) is 0 Å². The summed E-state index contributed by atoms with van der Waals surface area (Å²) in [5.41, 5.74) is 0.780. The van der Waals surface area contributed by atoms with E-state index in [1.54, 1.807) is 6.08 Å². The van der Waals surface area contributed by atoms with E-state index in [1.807, 2.05) is 0 Å². The molecule has 0 unspecified atom stereocenters. The Labute approximate surface area is 95.5 Å². The minimum Gasteiger partial charge on any atom is -1.00 e. The zero-order chi connectivity index (χ0) is 9.19. The summed E-state index contributed by atoms with van der Waals surface area (Å²) >= 11 is 0. The van der Waals surface area contributed by atoms with Crippen LogP contribution in [0.5, 0.6) is 0 Å². The third-order valence-corrected chi connectivity index (χ3v) is 2.25. The largest absolute Gasteiger partial charge is 1.00 e. The van der Waals surface area contributed by atoms with Gasteiger partial charge in [-0.15, -0.1) is 0 Å². The maximum absolute atomic E-state index is 10.5. The van der Waals surface area contributed by atoms with E-state index < -0.39 is 10.1 Å². The van der Waals surface area contributed by atoms with Crippen molar-refractivity contribution in [3.63, 3.8) is 0 Å². The van der Waals surface area contributed by atoms with E-state index in [-0.39, 0.29) is 29.6 Å². The second kappa shape index (κ2) is 7.38. The first-order valence-corrected chi connectivity index (χ1v) is 4.63. The molecule has 0 aliphatic carbocycles. The first-order chi connectivity index (χ1) is 5.54. The zero-order valence-corrected chi connectivity index (χ0v) is 10.2. The smallest absolute Gasteiger partial charge is 0.124 e. The van der Waals surface area contributed by atoms with E-state index in [9.17, 15) is 13.0 Å². The SMILES string of the molecule is C=Cc1ccc(S(=O)(=O)[O-])cc1.[Cl-].[NH4+].[NH4+]. The molecule has 0 saturated heterocycles. The molecule has 0 heterocycles. The molecule has 0 radical (unpaired) electrons. The lowest BCUT2D eigenvalue weighted by Gasteiger charge is -2.05. The minimum absolute atomic E-state index is 0. The van der Waals surface area contributed by atoms with Crippen molar-refractivity contribution in [1.29, 1.82) is 0 Å². The molecule has 0 aliphatic rings. The van der Waals surface area contributed by atoms with Crippen molar-refractivity contribution in [2.45, 2.75) is 4.90 Å². The molecular weight excluding hydrogens is 240 g/mol. The zero-order valence-electron chi connectivity index (χ0n) is 8.60. The summed E-state index contributed by atoms with van der Waals surface area (Å²) in [7, 11) is -4.31. The lowest BCUT2D eigenvalue weighted by molar-refractivity contribution is -0.00000765. The lowest BCUT2D eigenvalue weighted by Crippen LogP contribution is -3.00. The Kier molecular flexibility index (Phi) is 9.66. The number of quaternary nitrogens is 2. The second-order valence-corrected chi connectivity index (χ2v) is 3.61. The van der Waals surface area contributed by atoms with Gasteiger partial charge in [-0.25, -0.2) is 8.42 Å². The van der Waals surface area contributed by atoms with Gasteiger partial charge in [-0.1, -0.05) is 24.8 Å². The molecule has 5 nitrogen and oxygen atoms in total. The van der Waals surface area contributed by atoms with Crippen molar-refractivity contribution >= 4 is 16.2 Å². The topological polar surface area (TPSA) is 130 Å². The quantitative estimate of drug-likeness (QED) is 0.656. The van der Waals surface area contributed by atoms with Crippen molar-refractivity contribution in [1.82, 2.24) is 12.3 Å². The normalized spacial score (nSPS) is 8.87. The Hall–Kier alpha value is -0.920. The predicted molar refractivity (Wildman–Crippen MR) is 56.5 cm³/mol. The van der Waals surface area contributed by atoms with Crippen LogP contribution in [0.3, 0.4) is 0 Å². The highest BCUT2D eigenvalue weighted by Crippen LogP contribution is 2.10. The maximum atomic E-state index is 10.5. The van der Waals surface area contributed by atoms with Crippen LogP contribution in [0.25, 0.3) is 6.08 Å². The van der Waals surface area contributed by atoms with Gasteiger partial charge in [-0.2, -0.15) is 0 Å². The third kappa shape index (κ3) is 5.50. The molecule has 0 aliphatic heterocycles. The van der Waals surface area contributed by atoms with Gasteiger partial charge in [0.2, 0.25) is 0 Å². The summed E-state index contributed by atoms with van der Waals surface area (Å²) in [6.07, 6.45) is 1.57. The fourth-order valence-electron chi connectivity index (χ4n) is 0.771.